The summed E-state index contributed by atoms with van der Waals surface area (Å²) in [5.41, 5.74) is 0.802. The van der Waals surface area contributed by atoms with Crippen molar-refractivity contribution < 1.29 is 23.5 Å². The van der Waals surface area contributed by atoms with Crippen LogP contribution in [0.25, 0.3) is 10.6 Å². The van der Waals surface area contributed by atoms with E-state index in [4.69, 9.17) is 11.6 Å². The minimum atomic E-state index is -1.64. The lowest BCUT2D eigenvalue weighted by molar-refractivity contribution is -0.142. The number of hydrogen-bond acceptors (Lipinski definition) is 4. The second-order valence-corrected chi connectivity index (χ2v) is 7.07. The lowest BCUT2D eigenvalue weighted by Crippen LogP contribution is -2.35. The first kappa shape index (κ1) is 19.9. The lowest BCUT2D eigenvalue weighted by atomic mass is 10.1. The number of aromatic nitrogens is 1. The number of nitrogens with one attached hydrogen (secondary N) is 1. The number of aliphatic carboxylic acids is 1. The molecule has 0 spiro atoms. The van der Waals surface area contributed by atoms with Crippen LogP contribution < -0.4 is 5.32 Å². The van der Waals surface area contributed by atoms with Crippen molar-refractivity contribution >= 4 is 34.8 Å². The van der Waals surface area contributed by atoms with E-state index in [-0.39, 0.29) is 12.0 Å². The molecule has 0 saturated heterocycles. The number of carbonyl (C=O) groups excluding carboxylic acids is 1. The van der Waals surface area contributed by atoms with Crippen LogP contribution in [0.1, 0.15) is 17.3 Å². The number of benzene rings is 2. The number of amides is 1. The van der Waals surface area contributed by atoms with Crippen molar-refractivity contribution in [3.05, 3.63) is 75.8 Å². The molecule has 0 aliphatic rings. The predicted molar refractivity (Wildman–Crippen MR) is 101 cm³/mol. The fourth-order valence-electron chi connectivity index (χ4n) is 2.53. The highest BCUT2D eigenvalue weighted by Gasteiger charge is 2.25. The fraction of sp³-hybridized carbons (Fsp3) is 0.105. The van der Waals surface area contributed by atoms with E-state index in [1.807, 2.05) is 6.07 Å². The Hall–Kier alpha value is -2.84. The van der Waals surface area contributed by atoms with Crippen LogP contribution in [0.2, 0.25) is 5.02 Å². The maximum atomic E-state index is 13.9. The fourth-order valence-corrected chi connectivity index (χ4v) is 3.67. The molecular formula is C19H13ClF2N2O3S. The van der Waals surface area contributed by atoms with E-state index < -0.39 is 29.6 Å². The van der Waals surface area contributed by atoms with Gasteiger partial charge in [-0.3, -0.25) is 4.79 Å². The molecule has 2 aromatic carbocycles. The van der Waals surface area contributed by atoms with Crippen LogP contribution in [0.3, 0.4) is 0 Å². The number of carbonyl (C=O) groups is 2. The summed E-state index contributed by atoms with van der Waals surface area (Å²) in [5, 5.41) is 14.4. The largest absolute Gasteiger partial charge is 0.479 e. The summed E-state index contributed by atoms with van der Waals surface area (Å²) in [6, 6.07) is 7.95. The zero-order chi connectivity index (χ0) is 20.3. The zero-order valence-corrected chi connectivity index (χ0v) is 15.7. The highest BCUT2D eigenvalue weighted by molar-refractivity contribution is 7.13. The maximum absolute atomic E-state index is 13.9. The van der Waals surface area contributed by atoms with E-state index in [1.165, 1.54) is 11.3 Å². The molecule has 0 radical (unpaired) electrons. The van der Waals surface area contributed by atoms with E-state index in [9.17, 15) is 23.5 Å². The Kier molecular flexibility index (Phi) is 6.01. The first-order chi connectivity index (χ1) is 13.3. The van der Waals surface area contributed by atoms with Gasteiger partial charge in [0, 0.05) is 22.6 Å². The van der Waals surface area contributed by atoms with Gasteiger partial charge in [-0.15, -0.1) is 11.3 Å². The van der Waals surface area contributed by atoms with Gasteiger partial charge in [0.05, 0.1) is 17.1 Å². The lowest BCUT2D eigenvalue weighted by Gasteiger charge is -2.15. The van der Waals surface area contributed by atoms with Crippen LogP contribution in [0.15, 0.2) is 47.8 Å². The van der Waals surface area contributed by atoms with E-state index in [0.717, 1.165) is 17.7 Å². The Morgan fingerprint density at radius 1 is 1.21 bits per heavy atom. The van der Waals surface area contributed by atoms with Crippen LogP contribution in [-0.4, -0.2) is 22.0 Å². The van der Waals surface area contributed by atoms with Gasteiger partial charge < -0.3 is 10.4 Å². The number of rotatable bonds is 6. The molecule has 1 heterocycles. The van der Waals surface area contributed by atoms with Gasteiger partial charge in [0.15, 0.2) is 6.04 Å². The van der Waals surface area contributed by atoms with Gasteiger partial charge in [-0.25, -0.2) is 18.6 Å². The summed E-state index contributed by atoms with van der Waals surface area (Å²) in [5.74, 6) is -4.02. The number of nitrogens with zero attached hydrogens (tertiary/aromatic N) is 1. The summed E-state index contributed by atoms with van der Waals surface area (Å²) >= 11 is 7.42. The molecule has 0 bridgehead atoms. The van der Waals surface area contributed by atoms with Gasteiger partial charge in [0.25, 0.3) is 0 Å². The summed E-state index contributed by atoms with van der Waals surface area (Å²) in [6.45, 7) is 0. The van der Waals surface area contributed by atoms with Crippen LogP contribution in [0.4, 0.5) is 8.78 Å². The molecule has 9 heteroatoms. The van der Waals surface area contributed by atoms with Crippen molar-refractivity contribution in [3.63, 3.8) is 0 Å². The molecule has 5 nitrogen and oxygen atoms in total. The molecule has 0 aliphatic carbocycles. The quantitative estimate of drug-likeness (QED) is 0.623. The predicted octanol–water partition coefficient (Wildman–Crippen LogP) is 4.23. The van der Waals surface area contributed by atoms with Gasteiger partial charge in [0.2, 0.25) is 5.91 Å². The van der Waals surface area contributed by atoms with E-state index in [0.29, 0.717) is 21.8 Å². The summed E-state index contributed by atoms with van der Waals surface area (Å²) in [7, 11) is 0. The molecule has 3 aromatic rings. The van der Waals surface area contributed by atoms with Gasteiger partial charge in [-0.2, -0.15) is 0 Å². The van der Waals surface area contributed by atoms with Crippen LogP contribution in [-0.2, 0) is 16.0 Å². The highest BCUT2D eigenvalue weighted by atomic mass is 35.5. The summed E-state index contributed by atoms with van der Waals surface area (Å²) in [6.07, 6.45) is -0.201. The zero-order valence-electron chi connectivity index (χ0n) is 14.2. The van der Waals surface area contributed by atoms with Crippen LogP contribution in [0.5, 0.6) is 0 Å². The minimum absolute atomic E-state index is 0.201. The number of halogens is 3. The molecule has 0 aliphatic heterocycles. The van der Waals surface area contributed by atoms with E-state index in [2.05, 4.69) is 10.3 Å². The van der Waals surface area contributed by atoms with Gasteiger partial charge >= 0.3 is 5.97 Å². The normalized spacial score (nSPS) is 11.8. The summed E-state index contributed by atoms with van der Waals surface area (Å²) < 4.78 is 26.9. The number of carboxylic acids is 1. The highest BCUT2D eigenvalue weighted by Crippen LogP contribution is 2.30. The van der Waals surface area contributed by atoms with Gasteiger partial charge in [-0.05, 0) is 12.1 Å². The Morgan fingerprint density at radius 2 is 1.96 bits per heavy atom. The molecule has 144 valence electrons. The van der Waals surface area contributed by atoms with Crippen LogP contribution >= 0.6 is 22.9 Å². The average Bonchev–Trinajstić information content (AvgIpc) is 3.08. The molecule has 2 N–H and O–H groups in total. The van der Waals surface area contributed by atoms with E-state index in [1.54, 1.807) is 23.6 Å². The van der Waals surface area contributed by atoms with Gasteiger partial charge in [0.1, 0.15) is 16.6 Å². The Labute approximate surface area is 167 Å². The third-order valence-corrected chi connectivity index (χ3v) is 5.08. The van der Waals surface area contributed by atoms with Gasteiger partial charge in [-0.1, -0.05) is 35.9 Å². The van der Waals surface area contributed by atoms with E-state index >= 15 is 0 Å². The second kappa shape index (κ2) is 8.45. The van der Waals surface area contributed by atoms with Crippen molar-refractivity contribution in [2.24, 2.45) is 0 Å². The van der Waals surface area contributed by atoms with Crippen molar-refractivity contribution in [2.75, 3.05) is 0 Å². The van der Waals surface area contributed by atoms with Crippen molar-refractivity contribution in [1.82, 2.24) is 10.3 Å². The second-order valence-electron chi connectivity index (χ2n) is 5.81. The first-order valence-electron chi connectivity index (χ1n) is 8.01. The molecule has 3 rings (SSSR count). The Morgan fingerprint density at radius 3 is 2.64 bits per heavy atom. The van der Waals surface area contributed by atoms with Crippen molar-refractivity contribution in [1.29, 1.82) is 0 Å². The molecule has 1 unspecified atom stereocenters. The standard InChI is InChI=1S/C19H13ClF2N2O3S/c20-14-4-2-1-3-12(14)18-23-11(9-28-18)8-16(25)24-17(19(26)27)13-6-5-10(21)7-15(13)22/h1-7,9,17H,8H2,(H,24,25)(H,26,27). The monoisotopic (exact) mass is 422 g/mol. The smallest absolute Gasteiger partial charge is 0.331 e. The van der Waals surface area contributed by atoms with Crippen LogP contribution in [0, 0.1) is 11.6 Å². The molecular weight excluding hydrogens is 410 g/mol. The SMILES string of the molecule is O=C(Cc1csc(-c2ccccc2Cl)n1)NC(C(=O)O)c1ccc(F)cc1F. The van der Waals surface area contributed by atoms with Crippen molar-refractivity contribution in [3.8, 4) is 10.6 Å². The molecule has 1 amide bonds. The third-order valence-electron chi connectivity index (χ3n) is 3.82. The number of hydrogen-bond donors (Lipinski definition) is 2. The average molecular weight is 423 g/mol. The molecule has 0 saturated carbocycles. The topological polar surface area (TPSA) is 79.3 Å². The molecule has 1 atom stereocenters. The number of thiazole rings is 1. The third kappa shape index (κ3) is 4.52. The Bertz CT molecular complexity index is 1040. The Balaban J connectivity index is 1.74. The number of carboxylic acid groups (broad SMARTS) is 1. The molecule has 0 fully saturated rings. The maximum Gasteiger partial charge on any atom is 0.331 e. The minimum Gasteiger partial charge on any atom is -0.479 e. The summed E-state index contributed by atoms with van der Waals surface area (Å²) in [4.78, 5) is 28.0. The molecule has 28 heavy (non-hydrogen) atoms. The van der Waals surface area contributed by atoms with Crippen molar-refractivity contribution in [2.45, 2.75) is 12.5 Å². The molecule has 1 aromatic heterocycles. The first-order valence-corrected chi connectivity index (χ1v) is 9.27.